The SMILES string of the molecule is CCCCCN1CCC(N2CCC(CN)C2)CC1. The summed E-state index contributed by atoms with van der Waals surface area (Å²) in [5.41, 5.74) is 5.78. The molecule has 3 heteroatoms. The first-order valence-corrected chi connectivity index (χ1v) is 8.00. The zero-order chi connectivity index (χ0) is 12.8. The maximum absolute atomic E-state index is 5.78. The Hall–Kier alpha value is -0.120. The van der Waals surface area contributed by atoms with E-state index in [1.165, 1.54) is 71.2 Å². The van der Waals surface area contributed by atoms with E-state index in [-0.39, 0.29) is 0 Å². The van der Waals surface area contributed by atoms with E-state index in [0.717, 1.165) is 18.5 Å². The Morgan fingerprint density at radius 3 is 2.44 bits per heavy atom. The minimum Gasteiger partial charge on any atom is -0.330 e. The van der Waals surface area contributed by atoms with E-state index in [2.05, 4.69) is 16.7 Å². The van der Waals surface area contributed by atoms with Crippen molar-refractivity contribution in [1.29, 1.82) is 0 Å². The van der Waals surface area contributed by atoms with Crippen molar-refractivity contribution in [3.63, 3.8) is 0 Å². The lowest BCUT2D eigenvalue weighted by Crippen LogP contribution is -2.44. The summed E-state index contributed by atoms with van der Waals surface area (Å²) in [5.74, 6) is 0.771. The zero-order valence-electron chi connectivity index (χ0n) is 12.1. The third kappa shape index (κ3) is 3.94. The van der Waals surface area contributed by atoms with Gasteiger partial charge in [0.25, 0.3) is 0 Å². The fraction of sp³-hybridized carbons (Fsp3) is 1.00. The quantitative estimate of drug-likeness (QED) is 0.734. The molecule has 106 valence electrons. The summed E-state index contributed by atoms with van der Waals surface area (Å²) in [4.78, 5) is 5.38. The first-order valence-electron chi connectivity index (χ1n) is 8.00. The molecule has 0 aromatic rings. The number of unbranched alkanes of at least 4 members (excludes halogenated alkanes) is 2. The lowest BCUT2D eigenvalue weighted by molar-refractivity contribution is 0.123. The van der Waals surface area contributed by atoms with Crippen LogP contribution in [-0.2, 0) is 0 Å². The Morgan fingerprint density at radius 1 is 1.06 bits per heavy atom. The standard InChI is InChI=1S/C15H31N3/c1-2-3-4-8-17-9-6-15(7-10-17)18-11-5-14(12-16)13-18/h14-15H,2-13,16H2,1H3. The topological polar surface area (TPSA) is 32.5 Å². The van der Waals surface area contributed by atoms with Crippen LogP contribution in [0.3, 0.4) is 0 Å². The molecule has 2 aliphatic heterocycles. The van der Waals surface area contributed by atoms with Crippen LogP contribution in [0.15, 0.2) is 0 Å². The summed E-state index contributed by atoms with van der Waals surface area (Å²) < 4.78 is 0. The molecule has 0 aromatic carbocycles. The molecule has 2 fully saturated rings. The molecule has 0 aliphatic carbocycles. The molecule has 18 heavy (non-hydrogen) atoms. The lowest BCUT2D eigenvalue weighted by atomic mass is 10.0. The van der Waals surface area contributed by atoms with E-state index >= 15 is 0 Å². The maximum atomic E-state index is 5.78. The Morgan fingerprint density at radius 2 is 1.83 bits per heavy atom. The summed E-state index contributed by atoms with van der Waals surface area (Å²) in [6, 6.07) is 0.851. The van der Waals surface area contributed by atoms with Gasteiger partial charge in [-0.15, -0.1) is 0 Å². The molecule has 2 heterocycles. The number of rotatable bonds is 6. The molecule has 0 amide bonds. The van der Waals surface area contributed by atoms with Crippen LogP contribution in [0.1, 0.15) is 45.4 Å². The van der Waals surface area contributed by atoms with Crippen molar-refractivity contribution in [2.75, 3.05) is 39.3 Å². The van der Waals surface area contributed by atoms with Crippen LogP contribution < -0.4 is 5.73 Å². The van der Waals surface area contributed by atoms with Gasteiger partial charge in [0, 0.05) is 12.6 Å². The number of hydrogen-bond donors (Lipinski definition) is 1. The van der Waals surface area contributed by atoms with E-state index in [1.54, 1.807) is 0 Å². The second-order valence-corrected chi connectivity index (χ2v) is 6.17. The van der Waals surface area contributed by atoms with Crippen molar-refractivity contribution >= 4 is 0 Å². The van der Waals surface area contributed by atoms with E-state index in [9.17, 15) is 0 Å². The van der Waals surface area contributed by atoms with Crippen molar-refractivity contribution in [2.45, 2.75) is 51.5 Å². The van der Waals surface area contributed by atoms with Crippen molar-refractivity contribution < 1.29 is 0 Å². The Balaban J connectivity index is 1.64. The van der Waals surface area contributed by atoms with Gasteiger partial charge in [-0.25, -0.2) is 0 Å². The lowest BCUT2D eigenvalue weighted by Gasteiger charge is -2.36. The predicted molar refractivity (Wildman–Crippen MR) is 77.7 cm³/mol. The summed E-state index contributed by atoms with van der Waals surface area (Å²) in [6.45, 7) is 9.68. The monoisotopic (exact) mass is 253 g/mol. The highest BCUT2D eigenvalue weighted by Crippen LogP contribution is 2.23. The highest BCUT2D eigenvalue weighted by molar-refractivity contribution is 4.85. The van der Waals surface area contributed by atoms with Crippen molar-refractivity contribution in [3.8, 4) is 0 Å². The zero-order valence-corrected chi connectivity index (χ0v) is 12.1. The van der Waals surface area contributed by atoms with Gasteiger partial charge in [0.2, 0.25) is 0 Å². The minimum absolute atomic E-state index is 0.771. The fourth-order valence-corrected chi connectivity index (χ4v) is 3.48. The summed E-state index contributed by atoms with van der Waals surface area (Å²) in [6.07, 6.45) is 8.20. The molecule has 3 nitrogen and oxygen atoms in total. The third-order valence-electron chi connectivity index (χ3n) is 4.80. The van der Waals surface area contributed by atoms with Gasteiger partial charge in [-0.3, -0.25) is 4.90 Å². The van der Waals surface area contributed by atoms with Crippen molar-refractivity contribution in [2.24, 2.45) is 11.7 Å². The van der Waals surface area contributed by atoms with Crippen molar-refractivity contribution in [3.05, 3.63) is 0 Å². The number of likely N-dealkylation sites (tertiary alicyclic amines) is 2. The average molecular weight is 253 g/mol. The summed E-state index contributed by atoms with van der Waals surface area (Å²) in [5, 5.41) is 0. The largest absolute Gasteiger partial charge is 0.330 e. The van der Waals surface area contributed by atoms with Gasteiger partial charge in [0.1, 0.15) is 0 Å². The van der Waals surface area contributed by atoms with E-state index in [4.69, 9.17) is 5.73 Å². The molecule has 2 aliphatic rings. The van der Waals surface area contributed by atoms with Gasteiger partial charge in [0.05, 0.1) is 0 Å². The van der Waals surface area contributed by atoms with Crippen LogP contribution in [0.25, 0.3) is 0 Å². The highest BCUT2D eigenvalue weighted by Gasteiger charge is 2.29. The van der Waals surface area contributed by atoms with Crippen molar-refractivity contribution in [1.82, 2.24) is 9.80 Å². The van der Waals surface area contributed by atoms with Gasteiger partial charge in [-0.05, 0) is 64.3 Å². The van der Waals surface area contributed by atoms with E-state index in [1.807, 2.05) is 0 Å². The molecule has 1 unspecified atom stereocenters. The van der Waals surface area contributed by atoms with Gasteiger partial charge in [-0.2, -0.15) is 0 Å². The van der Waals surface area contributed by atoms with Crippen LogP contribution in [-0.4, -0.2) is 55.1 Å². The van der Waals surface area contributed by atoms with Crippen LogP contribution in [0, 0.1) is 5.92 Å². The smallest absolute Gasteiger partial charge is 0.0120 e. The minimum atomic E-state index is 0.771. The van der Waals surface area contributed by atoms with Gasteiger partial charge >= 0.3 is 0 Å². The molecule has 2 saturated heterocycles. The Bertz CT molecular complexity index is 224. The normalized spacial score (nSPS) is 28.0. The second kappa shape index (κ2) is 7.46. The fourth-order valence-electron chi connectivity index (χ4n) is 3.48. The molecule has 2 rings (SSSR count). The van der Waals surface area contributed by atoms with Crippen LogP contribution in [0.4, 0.5) is 0 Å². The Kier molecular flexibility index (Phi) is 5.93. The van der Waals surface area contributed by atoms with E-state index in [0.29, 0.717) is 0 Å². The van der Waals surface area contributed by atoms with Gasteiger partial charge < -0.3 is 10.6 Å². The van der Waals surface area contributed by atoms with Crippen LogP contribution in [0.5, 0.6) is 0 Å². The number of nitrogens with two attached hydrogens (primary N) is 1. The highest BCUT2D eigenvalue weighted by atomic mass is 15.2. The number of nitrogens with zero attached hydrogens (tertiary/aromatic N) is 2. The van der Waals surface area contributed by atoms with Gasteiger partial charge in [0.15, 0.2) is 0 Å². The first kappa shape index (κ1) is 14.3. The van der Waals surface area contributed by atoms with Crippen LogP contribution >= 0.6 is 0 Å². The predicted octanol–water partition coefficient (Wildman–Crippen LogP) is 1.92. The molecule has 2 N–H and O–H groups in total. The molecular weight excluding hydrogens is 222 g/mol. The van der Waals surface area contributed by atoms with E-state index < -0.39 is 0 Å². The summed E-state index contributed by atoms with van der Waals surface area (Å²) >= 11 is 0. The number of hydrogen-bond acceptors (Lipinski definition) is 3. The molecular formula is C15H31N3. The maximum Gasteiger partial charge on any atom is 0.0120 e. The Labute approximate surface area is 113 Å². The first-order chi connectivity index (χ1) is 8.83. The van der Waals surface area contributed by atoms with Gasteiger partial charge in [-0.1, -0.05) is 19.8 Å². The molecule has 1 atom stereocenters. The summed E-state index contributed by atoms with van der Waals surface area (Å²) in [7, 11) is 0. The molecule has 0 aromatic heterocycles. The third-order valence-corrected chi connectivity index (χ3v) is 4.80. The second-order valence-electron chi connectivity index (χ2n) is 6.17. The average Bonchev–Trinajstić information content (AvgIpc) is 2.89. The number of piperidine rings is 1. The molecule has 0 bridgehead atoms. The molecule has 0 saturated carbocycles. The van der Waals surface area contributed by atoms with Crippen LogP contribution in [0.2, 0.25) is 0 Å². The molecule has 0 spiro atoms. The molecule has 0 radical (unpaired) electrons.